The lowest BCUT2D eigenvalue weighted by Crippen LogP contribution is -2.49. The van der Waals surface area contributed by atoms with Crippen molar-refractivity contribution in [2.45, 2.75) is 37.3 Å². The van der Waals surface area contributed by atoms with E-state index in [-0.39, 0.29) is 44.3 Å². The van der Waals surface area contributed by atoms with Gasteiger partial charge in [0.2, 0.25) is 0 Å². The van der Waals surface area contributed by atoms with E-state index in [9.17, 15) is 15.3 Å². The Balaban J connectivity index is 4.42. The van der Waals surface area contributed by atoms with Gasteiger partial charge in [0.15, 0.2) is 0 Å². The van der Waals surface area contributed by atoms with Crippen LogP contribution in [0.25, 0.3) is 0 Å². The van der Waals surface area contributed by atoms with Crippen LogP contribution < -0.4 is 11.5 Å². The molecule has 0 amide bonds. The highest BCUT2D eigenvalue weighted by atomic mass is 16.5. The maximum atomic E-state index is 10.0. The predicted molar refractivity (Wildman–Crippen MR) is 81.7 cm³/mol. The van der Waals surface area contributed by atoms with E-state index in [4.69, 9.17) is 36.5 Å². The fraction of sp³-hybridized carbons (Fsp3) is 0.833. The second-order valence-electron chi connectivity index (χ2n) is 4.90. The number of nitrogens with two attached hydrogens (primary N) is 2. The molecule has 12 nitrogen and oxygen atoms in total. The first-order valence-electron chi connectivity index (χ1n) is 7.14. The lowest BCUT2D eigenvalue weighted by atomic mass is 10.0. The van der Waals surface area contributed by atoms with Crippen molar-refractivity contribution in [1.82, 2.24) is 0 Å². The van der Waals surface area contributed by atoms with Crippen LogP contribution in [0.4, 0.5) is 0 Å². The van der Waals surface area contributed by atoms with Crippen LogP contribution >= 0.6 is 0 Å². The van der Waals surface area contributed by atoms with Gasteiger partial charge in [-0.3, -0.25) is 0 Å². The largest absolute Gasteiger partial charge is 0.409 e. The highest BCUT2D eigenvalue weighted by Crippen LogP contribution is 2.11. The number of rotatable bonds is 13. The van der Waals surface area contributed by atoms with Crippen molar-refractivity contribution in [3.63, 3.8) is 0 Å². The molecular formula is C12H26N4O8. The van der Waals surface area contributed by atoms with E-state index in [0.717, 1.165) is 0 Å². The van der Waals surface area contributed by atoms with Gasteiger partial charge in [0.05, 0.1) is 26.4 Å². The molecule has 0 fully saturated rings. The topological polar surface area (TPSA) is 217 Å². The molecule has 0 aromatic carbocycles. The first-order chi connectivity index (χ1) is 11.4. The summed E-state index contributed by atoms with van der Waals surface area (Å²) < 4.78 is 10.3. The predicted octanol–water partition coefficient (Wildman–Crippen LogP) is -3.26. The van der Waals surface area contributed by atoms with E-state index in [1.165, 1.54) is 0 Å². The minimum Gasteiger partial charge on any atom is -0.409 e. The van der Waals surface area contributed by atoms with Crippen molar-refractivity contribution in [1.29, 1.82) is 0 Å². The Kier molecular flexibility index (Phi) is 11.8. The Morgan fingerprint density at radius 3 is 1.96 bits per heavy atom. The van der Waals surface area contributed by atoms with Crippen LogP contribution in [-0.4, -0.2) is 93.4 Å². The smallest absolute Gasteiger partial charge is 0.141 e. The molecule has 12 heteroatoms. The SMILES string of the molecule is NC(CCOCC(O)C(O)C(OCCC(N)=NO)C(O)CO)=NO. The zero-order valence-electron chi connectivity index (χ0n) is 13.1. The van der Waals surface area contributed by atoms with Crippen LogP contribution in [0.1, 0.15) is 12.8 Å². The zero-order chi connectivity index (χ0) is 18.5. The molecule has 0 bridgehead atoms. The van der Waals surface area contributed by atoms with Gasteiger partial charge in [-0.15, -0.1) is 0 Å². The Labute approximate surface area is 138 Å². The molecule has 0 aromatic heterocycles. The molecule has 0 heterocycles. The van der Waals surface area contributed by atoms with Gasteiger partial charge in [0, 0.05) is 12.8 Å². The van der Waals surface area contributed by atoms with Crippen molar-refractivity contribution in [2.24, 2.45) is 21.8 Å². The minimum atomic E-state index is -1.57. The van der Waals surface area contributed by atoms with E-state index in [1.54, 1.807) is 0 Å². The third-order valence-electron chi connectivity index (χ3n) is 3.01. The molecule has 142 valence electrons. The third kappa shape index (κ3) is 8.81. The maximum Gasteiger partial charge on any atom is 0.141 e. The van der Waals surface area contributed by atoms with Crippen LogP contribution in [0.2, 0.25) is 0 Å². The van der Waals surface area contributed by atoms with Crippen LogP contribution in [0.3, 0.4) is 0 Å². The third-order valence-corrected chi connectivity index (χ3v) is 3.01. The molecule has 0 rings (SSSR count). The van der Waals surface area contributed by atoms with E-state index in [2.05, 4.69) is 10.3 Å². The molecule has 0 aliphatic heterocycles. The van der Waals surface area contributed by atoms with E-state index in [0.29, 0.717) is 0 Å². The summed E-state index contributed by atoms with van der Waals surface area (Å²) in [4.78, 5) is 0. The number of oxime groups is 2. The average molecular weight is 354 g/mol. The summed E-state index contributed by atoms with van der Waals surface area (Å²) in [6.07, 6.45) is -5.62. The van der Waals surface area contributed by atoms with E-state index >= 15 is 0 Å². The number of aliphatic hydroxyl groups is 4. The molecule has 0 aromatic rings. The number of ether oxygens (including phenoxy) is 2. The van der Waals surface area contributed by atoms with Crippen molar-refractivity contribution < 1.29 is 40.3 Å². The monoisotopic (exact) mass is 354 g/mol. The fourth-order valence-corrected chi connectivity index (χ4v) is 1.64. The van der Waals surface area contributed by atoms with E-state index < -0.39 is 31.0 Å². The number of aliphatic hydroxyl groups excluding tert-OH is 4. The second kappa shape index (κ2) is 12.7. The second-order valence-corrected chi connectivity index (χ2v) is 4.90. The summed E-state index contributed by atoms with van der Waals surface area (Å²) in [6, 6.07) is 0. The highest BCUT2D eigenvalue weighted by Gasteiger charge is 2.32. The summed E-state index contributed by atoms with van der Waals surface area (Å²) in [5.74, 6) is -0.168. The zero-order valence-corrected chi connectivity index (χ0v) is 13.1. The lowest BCUT2D eigenvalue weighted by Gasteiger charge is -2.29. The van der Waals surface area contributed by atoms with Gasteiger partial charge < -0.3 is 51.8 Å². The van der Waals surface area contributed by atoms with Crippen LogP contribution in [0.5, 0.6) is 0 Å². The molecule has 4 unspecified atom stereocenters. The number of nitrogens with zero attached hydrogens (tertiary/aromatic N) is 2. The molecule has 0 saturated heterocycles. The van der Waals surface area contributed by atoms with Crippen molar-refractivity contribution in [2.75, 3.05) is 26.4 Å². The summed E-state index contributed by atoms with van der Waals surface area (Å²) in [7, 11) is 0. The number of amidine groups is 2. The fourth-order valence-electron chi connectivity index (χ4n) is 1.64. The quantitative estimate of drug-likeness (QED) is 0.0542. The molecule has 0 aliphatic carbocycles. The number of hydrogen-bond acceptors (Lipinski definition) is 10. The van der Waals surface area contributed by atoms with Gasteiger partial charge in [-0.25, -0.2) is 0 Å². The molecule has 10 N–H and O–H groups in total. The molecule has 0 aliphatic rings. The van der Waals surface area contributed by atoms with Gasteiger partial charge in [-0.05, 0) is 0 Å². The number of hydrogen-bond donors (Lipinski definition) is 8. The van der Waals surface area contributed by atoms with Crippen molar-refractivity contribution in [3.05, 3.63) is 0 Å². The Bertz CT molecular complexity index is 395. The average Bonchev–Trinajstić information content (AvgIpc) is 2.60. The summed E-state index contributed by atoms with van der Waals surface area (Å²) in [5.41, 5.74) is 10.5. The molecule has 24 heavy (non-hydrogen) atoms. The molecule has 0 spiro atoms. The van der Waals surface area contributed by atoms with Gasteiger partial charge in [0.25, 0.3) is 0 Å². The maximum absolute atomic E-state index is 10.0. The van der Waals surface area contributed by atoms with Gasteiger partial charge in [-0.2, -0.15) is 0 Å². The Hall–Kier alpha value is -1.70. The van der Waals surface area contributed by atoms with Crippen LogP contribution in [0.15, 0.2) is 10.3 Å². The first-order valence-corrected chi connectivity index (χ1v) is 7.14. The Morgan fingerprint density at radius 2 is 1.46 bits per heavy atom. The van der Waals surface area contributed by atoms with Gasteiger partial charge in [0.1, 0.15) is 36.1 Å². The van der Waals surface area contributed by atoms with E-state index in [1.807, 2.05) is 0 Å². The van der Waals surface area contributed by atoms with Gasteiger partial charge in [-0.1, -0.05) is 10.3 Å². The normalized spacial score (nSPS) is 18.2. The summed E-state index contributed by atoms with van der Waals surface area (Å²) in [5, 5.41) is 60.8. The lowest BCUT2D eigenvalue weighted by molar-refractivity contribution is -0.151. The molecular weight excluding hydrogens is 328 g/mol. The molecule has 0 radical (unpaired) electrons. The summed E-state index contributed by atoms with van der Waals surface area (Å²) in [6.45, 7) is -1.09. The van der Waals surface area contributed by atoms with Crippen molar-refractivity contribution >= 4 is 11.7 Å². The Morgan fingerprint density at radius 1 is 0.917 bits per heavy atom. The van der Waals surface area contributed by atoms with Crippen LogP contribution in [0, 0.1) is 0 Å². The van der Waals surface area contributed by atoms with Crippen LogP contribution in [-0.2, 0) is 9.47 Å². The minimum absolute atomic E-state index is 0.0181. The molecule has 0 saturated carbocycles. The summed E-state index contributed by atoms with van der Waals surface area (Å²) >= 11 is 0. The first kappa shape index (κ1) is 22.3. The molecule has 4 atom stereocenters. The standard InChI is InChI=1S/C12H26N4O8/c13-9(15-21)1-3-23-6-8(19)11(20)12(7(18)5-17)24-4-2-10(14)16-22/h7-8,11-12,17-22H,1-6H2,(H2,13,15)(H2,14,16). The highest BCUT2D eigenvalue weighted by molar-refractivity contribution is 5.79. The van der Waals surface area contributed by atoms with Gasteiger partial charge >= 0.3 is 0 Å². The van der Waals surface area contributed by atoms with Crippen molar-refractivity contribution in [3.8, 4) is 0 Å².